The van der Waals surface area contributed by atoms with Gasteiger partial charge >= 0.3 is 49.7 Å². The first-order valence-electron chi connectivity index (χ1n) is 10.8. The van der Waals surface area contributed by atoms with Crippen molar-refractivity contribution in [3.8, 4) is 5.69 Å². The van der Waals surface area contributed by atoms with E-state index in [1.807, 2.05) is 16.7 Å². The van der Waals surface area contributed by atoms with E-state index < -0.39 is 11.9 Å². The number of unbranched alkanes of at least 4 members (excludes halogenated alkanes) is 1. The normalized spacial score (nSPS) is 10.6. The number of carboxylic acids is 2. The number of aryl methyl sites for hydroxylation is 1. The van der Waals surface area contributed by atoms with Gasteiger partial charge in [-0.1, -0.05) is 31.5 Å². The second kappa shape index (κ2) is 12.3. The number of para-hydroxylation sites is 1. The van der Waals surface area contributed by atoms with Gasteiger partial charge in [0.15, 0.2) is 0 Å². The van der Waals surface area contributed by atoms with Crippen LogP contribution < -0.4 is 37.7 Å². The Labute approximate surface area is 229 Å². The van der Waals surface area contributed by atoms with Gasteiger partial charge in [-0.05, 0) is 42.3 Å². The van der Waals surface area contributed by atoms with Crippen LogP contribution in [0.25, 0.3) is 16.6 Å². The summed E-state index contributed by atoms with van der Waals surface area (Å²) in [6.07, 6.45) is 4.53. The Morgan fingerprint density at radius 3 is 2.43 bits per heavy atom. The number of rotatable bonds is 9. The second-order valence-electron chi connectivity index (χ2n) is 7.90. The molecule has 0 radical (unpaired) electrons. The summed E-state index contributed by atoms with van der Waals surface area (Å²) in [5.41, 5.74) is 2.55. The van der Waals surface area contributed by atoms with E-state index >= 15 is 0 Å². The largest absolute Gasteiger partial charge is 1.00 e. The number of hydrogen-bond acceptors (Lipinski definition) is 4. The molecule has 0 aliphatic rings. The van der Waals surface area contributed by atoms with Crippen molar-refractivity contribution in [2.24, 2.45) is 0 Å². The van der Waals surface area contributed by atoms with E-state index in [-0.39, 0.29) is 58.4 Å². The molecule has 0 saturated carbocycles. The summed E-state index contributed by atoms with van der Waals surface area (Å²) in [6.45, 7) is 2.48. The number of carboxylic acid groups (broad SMARTS) is 2. The number of aromatic carboxylic acids is 2. The fourth-order valence-corrected chi connectivity index (χ4v) is 4.12. The number of aliphatic hydroxyl groups is 1. The van der Waals surface area contributed by atoms with Crippen LogP contribution in [0, 0.1) is 0 Å². The van der Waals surface area contributed by atoms with Crippen LogP contribution in [0.4, 0.5) is 0 Å². The molecule has 0 spiro atoms. The summed E-state index contributed by atoms with van der Waals surface area (Å²) in [5.74, 6) is -1.37. The van der Waals surface area contributed by atoms with Gasteiger partial charge in [0, 0.05) is 18.4 Å². The predicted molar refractivity (Wildman–Crippen MR) is 125 cm³/mol. The standard InChI is InChI=1S/C25H25N3O5.2Li.2H/c1-2-3-8-23-26-13-18(15-29)27(23)14-16-9-10-20-17(11-16)12-22(25(32)33)28(20)21-7-5-4-6-19(21)24(30)31;;;;/h4-7,9-13,29H,2-3,8,14-15H2,1H3,(H,30,31)(H,32,33);;;;/q;2*+1;2*-1. The minimum Gasteiger partial charge on any atom is -1.00 e. The minimum absolute atomic E-state index is 0. The fourth-order valence-electron chi connectivity index (χ4n) is 4.12. The molecule has 4 rings (SSSR count). The number of fused-ring (bicyclic) bond motifs is 1. The van der Waals surface area contributed by atoms with Crippen molar-refractivity contribution in [3.05, 3.63) is 83.1 Å². The van der Waals surface area contributed by atoms with Crippen LogP contribution in [0.5, 0.6) is 0 Å². The van der Waals surface area contributed by atoms with Crippen LogP contribution in [0.1, 0.15) is 60.5 Å². The Morgan fingerprint density at radius 1 is 1.03 bits per heavy atom. The van der Waals surface area contributed by atoms with Gasteiger partial charge in [-0.25, -0.2) is 14.6 Å². The molecule has 0 unspecified atom stereocenters. The smallest absolute Gasteiger partial charge is 1.00 e. The van der Waals surface area contributed by atoms with E-state index in [1.165, 1.54) is 10.6 Å². The van der Waals surface area contributed by atoms with Gasteiger partial charge < -0.3 is 27.3 Å². The number of aliphatic hydroxyl groups excluding tert-OH is 1. The zero-order chi connectivity index (χ0) is 23.5. The van der Waals surface area contributed by atoms with Crippen molar-refractivity contribution < 1.29 is 65.5 Å². The topological polar surface area (TPSA) is 118 Å². The van der Waals surface area contributed by atoms with Crippen LogP contribution in [0.3, 0.4) is 0 Å². The maximum Gasteiger partial charge on any atom is 1.00 e. The minimum atomic E-state index is -1.15. The zero-order valence-electron chi connectivity index (χ0n) is 22.2. The maximum atomic E-state index is 12.0. The number of carbonyl (C=O) groups is 2. The molecule has 3 N–H and O–H groups in total. The first-order valence-corrected chi connectivity index (χ1v) is 10.8. The molecule has 2 heterocycles. The van der Waals surface area contributed by atoms with Crippen molar-refractivity contribution in [1.82, 2.24) is 14.1 Å². The second-order valence-corrected chi connectivity index (χ2v) is 7.90. The predicted octanol–water partition coefficient (Wildman–Crippen LogP) is -1.66. The third-order valence-electron chi connectivity index (χ3n) is 5.74. The van der Waals surface area contributed by atoms with E-state index in [4.69, 9.17) is 0 Å². The van der Waals surface area contributed by atoms with Gasteiger partial charge in [-0.2, -0.15) is 0 Å². The average Bonchev–Trinajstić information content (AvgIpc) is 3.38. The zero-order valence-corrected chi connectivity index (χ0v) is 20.2. The molecule has 0 aliphatic carbocycles. The van der Waals surface area contributed by atoms with Gasteiger partial charge in [0.25, 0.3) is 0 Å². The van der Waals surface area contributed by atoms with Gasteiger partial charge in [-0.3, -0.25) is 0 Å². The first-order chi connectivity index (χ1) is 15.9. The SMILES string of the molecule is CCCCc1ncc(CO)n1Cc1ccc2c(c1)cc(C(=O)O)n2-c1ccccc1C(=O)O.[H-].[H-].[Li+].[Li+]. The number of aromatic nitrogens is 3. The molecule has 0 amide bonds. The Hall–Kier alpha value is -2.72. The van der Waals surface area contributed by atoms with Crippen LogP contribution >= 0.6 is 0 Å². The molecule has 10 heteroatoms. The molecule has 2 aromatic carbocycles. The van der Waals surface area contributed by atoms with Gasteiger partial charge in [0.05, 0.1) is 35.3 Å². The number of benzene rings is 2. The van der Waals surface area contributed by atoms with Crippen molar-refractivity contribution in [3.63, 3.8) is 0 Å². The Balaban J connectivity index is 0.00000324. The van der Waals surface area contributed by atoms with Gasteiger partial charge in [0.1, 0.15) is 11.5 Å². The van der Waals surface area contributed by atoms with E-state index in [1.54, 1.807) is 36.5 Å². The number of imidazole rings is 1. The molecule has 2 aromatic heterocycles. The van der Waals surface area contributed by atoms with Gasteiger partial charge in [-0.15, -0.1) is 0 Å². The molecule has 0 bridgehead atoms. The summed E-state index contributed by atoms with van der Waals surface area (Å²) >= 11 is 0. The molecule has 0 aliphatic heterocycles. The Bertz CT molecular complexity index is 1360. The van der Waals surface area contributed by atoms with Crippen LogP contribution in [0.2, 0.25) is 0 Å². The Morgan fingerprint density at radius 2 is 1.77 bits per heavy atom. The van der Waals surface area contributed by atoms with Crippen LogP contribution in [-0.4, -0.2) is 41.4 Å². The summed E-state index contributed by atoms with van der Waals surface area (Å²) in [6, 6.07) is 13.5. The van der Waals surface area contributed by atoms with E-state index in [0.29, 0.717) is 23.1 Å². The fraction of sp³-hybridized carbons (Fsp3) is 0.240. The quantitative estimate of drug-likeness (QED) is 0.256. The molecule has 0 atom stereocenters. The van der Waals surface area contributed by atoms with Crippen molar-refractivity contribution >= 4 is 22.8 Å². The van der Waals surface area contributed by atoms with E-state index in [2.05, 4.69) is 11.9 Å². The average molecular weight is 463 g/mol. The van der Waals surface area contributed by atoms with Crippen molar-refractivity contribution in [2.45, 2.75) is 39.3 Å². The molecule has 0 fully saturated rings. The monoisotopic (exact) mass is 463 g/mol. The van der Waals surface area contributed by atoms with Crippen molar-refractivity contribution in [2.75, 3.05) is 0 Å². The van der Waals surface area contributed by atoms with Crippen LogP contribution in [-0.2, 0) is 19.6 Å². The molecule has 0 saturated heterocycles. The Kier molecular flexibility index (Phi) is 10.0. The van der Waals surface area contributed by atoms with E-state index in [9.17, 15) is 24.9 Å². The molecule has 35 heavy (non-hydrogen) atoms. The number of hydrogen-bond donors (Lipinski definition) is 3. The molecular formula is C25H27Li2N3O5. The summed E-state index contributed by atoms with van der Waals surface area (Å²) in [4.78, 5) is 28.2. The van der Waals surface area contributed by atoms with Crippen molar-refractivity contribution in [1.29, 1.82) is 0 Å². The summed E-state index contributed by atoms with van der Waals surface area (Å²) in [7, 11) is 0. The third-order valence-corrected chi connectivity index (χ3v) is 5.74. The third kappa shape index (κ3) is 5.75. The molecule has 174 valence electrons. The maximum absolute atomic E-state index is 12.0. The summed E-state index contributed by atoms with van der Waals surface area (Å²) < 4.78 is 3.46. The molecule has 4 aromatic rings. The van der Waals surface area contributed by atoms with Gasteiger partial charge in [0.2, 0.25) is 0 Å². The molecule has 8 nitrogen and oxygen atoms in total. The first kappa shape index (κ1) is 28.5. The summed E-state index contributed by atoms with van der Waals surface area (Å²) in [5, 5.41) is 29.8. The van der Waals surface area contributed by atoms with Crippen LogP contribution in [0.15, 0.2) is 54.7 Å². The van der Waals surface area contributed by atoms with E-state index in [0.717, 1.165) is 36.3 Å². The molecular weight excluding hydrogens is 436 g/mol. The number of nitrogens with zero attached hydrogens (tertiary/aromatic N) is 3.